The number of alkyl halides is 3. The van der Waals surface area contributed by atoms with Gasteiger partial charge in [0.15, 0.2) is 15.6 Å². The van der Waals surface area contributed by atoms with Crippen LogP contribution >= 0.6 is 0 Å². The lowest BCUT2D eigenvalue weighted by Gasteiger charge is -2.32. The van der Waals surface area contributed by atoms with Crippen LogP contribution in [0.2, 0.25) is 0 Å². The first-order chi connectivity index (χ1) is 14.5. The summed E-state index contributed by atoms with van der Waals surface area (Å²) < 4.78 is 62.8. The number of nitrogens with zero attached hydrogens (tertiary/aromatic N) is 3. The van der Waals surface area contributed by atoms with Crippen LogP contribution in [0.15, 0.2) is 42.5 Å². The van der Waals surface area contributed by atoms with Crippen LogP contribution in [0.1, 0.15) is 28.5 Å². The predicted molar refractivity (Wildman–Crippen MR) is 107 cm³/mol. The van der Waals surface area contributed by atoms with Gasteiger partial charge in [-0.05, 0) is 24.6 Å². The highest BCUT2D eigenvalue weighted by atomic mass is 32.2. The minimum Gasteiger partial charge on any atom is -0.322 e. The van der Waals surface area contributed by atoms with Gasteiger partial charge in [-0.15, -0.1) is 0 Å². The number of benzene rings is 1. The third-order valence-electron chi connectivity index (χ3n) is 4.85. The molecule has 2 aromatic rings. The van der Waals surface area contributed by atoms with Crippen molar-refractivity contribution in [2.75, 3.05) is 29.5 Å². The average molecular weight is 455 g/mol. The molecule has 11 heteroatoms. The lowest BCUT2D eigenvalue weighted by Crippen LogP contribution is -2.50. The maximum Gasteiger partial charge on any atom is 0.433 e. The second kappa shape index (κ2) is 8.66. The molecule has 7 nitrogen and oxygen atoms in total. The highest BCUT2D eigenvalue weighted by Gasteiger charge is 2.34. The lowest BCUT2D eigenvalue weighted by atomic mass is 10.1. The Kier molecular flexibility index (Phi) is 6.35. The topological polar surface area (TPSA) is 87.7 Å². The molecule has 2 amide bonds. The number of rotatable bonds is 4. The quantitative estimate of drug-likeness (QED) is 0.661. The van der Waals surface area contributed by atoms with E-state index in [1.165, 1.54) is 17.9 Å². The molecule has 0 radical (unpaired) electrons. The number of sulfone groups is 1. The van der Waals surface area contributed by atoms with Crippen molar-refractivity contribution in [2.45, 2.75) is 19.6 Å². The maximum atomic E-state index is 13.1. The van der Waals surface area contributed by atoms with E-state index in [4.69, 9.17) is 0 Å². The summed E-state index contributed by atoms with van der Waals surface area (Å²) in [7, 11) is -3.25. The van der Waals surface area contributed by atoms with Crippen molar-refractivity contribution in [1.29, 1.82) is 0 Å². The summed E-state index contributed by atoms with van der Waals surface area (Å²) in [6, 6.07) is 8.94. The van der Waals surface area contributed by atoms with E-state index >= 15 is 0 Å². The van der Waals surface area contributed by atoms with Crippen LogP contribution in [-0.2, 0) is 22.6 Å². The highest BCUT2D eigenvalue weighted by Crippen LogP contribution is 2.29. The third kappa shape index (κ3) is 5.60. The van der Waals surface area contributed by atoms with Gasteiger partial charge in [0.25, 0.3) is 0 Å². The molecule has 0 unspecified atom stereocenters. The molecule has 3 rings (SSSR count). The number of carbonyl (C=O) groups excluding carboxylic acids is 2. The van der Waals surface area contributed by atoms with Crippen molar-refractivity contribution in [2.24, 2.45) is 0 Å². The van der Waals surface area contributed by atoms with Gasteiger partial charge < -0.3 is 4.90 Å². The number of hydrogen-bond donors (Lipinski definition) is 0. The van der Waals surface area contributed by atoms with Gasteiger partial charge in [0.2, 0.25) is 0 Å². The zero-order valence-corrected chi connectivity index (χ0v) is 17.4. The summed E-state index contributed by atoms with van der Waals surface area (Å²) in [5.74, 6) is -0.774. The number of halogens is 3. The van der Waals surface area contributed by atoms with Crippen molar-refractivity contribution in [3.63, 3.8) is 0 Å². The normalized spacial score (nSPS) is 16.1. The molecule has 1 aliphatic rings. The Morgan fingerprint density at radius 1 is 1.06 bits per heavy atom. The first kappa shape index (κ1) is 22.7. The monoisotopic (exact) mass is 455 g/mol. The van der Waals surface area contributed by atoms with Gasteiger partial charge in [-0.1, -0.05) is 30.3 Å². The maximum absolute atomic E-state index is 13.1. The Morgan fingerprint density at radius 3 is 2.23 bits per heavy atom. The highest BCUT2D eigenvalue weighted by molar-refractivity contribution is 7.91. The number of amides is 2. The number of hydrogen-bond acceptors (Lipinski definition) is 5. The van der Waals surface area contributed by atoms with Gasteiger partial charge in [-0.2, -0.15) is 13.2 Å². The summed E-state index contributed by atoms with van der Waals surface area (Å²) in [6.45, 7) is 1.19. The molecular weight excluding hydrogens is 435 g/mol. The first-order valence-electron chi connectivity index (χ1n) is 9.37. The molecule has 1 fully saturated rings. The van der Waals surface area contributed by atoms with Crippen LogP contribution in [0.3, 0.4) is 0 Å². The van der Waals surface area contributed by atoms with Crippen LogP contribution in [0.25, 0.3) is 0 Å². The largest absolute Gasteiger partial charge is 0.433 e. The van der Waals surface area contributed by atoms with E-state index in [2.05, 4.69) is 4.98 Å². The summed E-state index contributed by atoms with van der Waals surface area (Å²) in [5, 5.41) is 0. The minimum atomic E-state index is -4.69. The van der Waals surface area contributed by atoms with Crippen LogP contribution in [0.5, 0.6) is 0 Å². The van der Waals surface area contributed by atoms with Gasteiger partial charge in [0.05, 0.1) is 18.1 Å². The summed E-state index contributed by atoms with van der Waals surface area (Å²) in [4.78, 5) is 30.6. The fourth-order valence-corrected chi connectivity index (χ4v) is 4.28. The summed E-state index contributed by atoms with van der Waals surface area (Å²) in [6.07, 6.45) is -4.69. The van der Waals surface area contributed by atoms with Crippen molar-refractivity contribution in [1.82, 2.24) is 9.88 Å². The van der Waals surface area contributed by atoms with Gasteiger partial charge >= 0.3 is 12.2 Å². The molecule has 0 spiro atoms. The summed E-state index contributed by atoms with van der Waals surface area (Å²) in [5.41, 5.74) is -0.113. The van der Waals surface area contributed by atoms with E-state index < -0.39 is 27.7 Å². The van der Waals surface area contributed by atoms with Crippen molar-refractivity contribution >= 4 is 27.5 Å². The third-order valence-corrected chi connectivity index (χ3v) is 6.46. The molecule has 2 heterocycles. The predicted octanol–water partition coefficient (Wildman–Crippen LogP) is 3.16. The van der Waals surface area contributed by atoms with E-state index in [1.54, 1.807) is 24.3 Å². The molecule has 1 aromatic heterocycles. The van der Waals surface area contributed by atoms with Gasteiger partial charge in [0.1, 0.15) is 11.5 Å². The second-order valence-electron chi connectivity index (χ2n) is 7.14. The number of ketones is 1. The number of urea groups is 1. The van der Waals surface area contributed by atoms with Gasteiger partial charge in [-0.25, -0.2) is 18.2 Å². The Hall–Kier alpha value is -2.95. The van der Waals surface area contributed by atoms with Crippen LogP contribution < -0.4 is 4.90 Å². The number of carbonyl (C=O) groups is 2. The fraction of sp³-hybridized carbons (Fsp3) is 0.350. The SMILES string of the molecule is CC(=O)c1ccc(CN(C(=O)N2CCS(=O)(=O)CC2)c2cccc(C(F)(F)F)n2)cc1. The van der Waals surface area contributed by atoms with Crippen LogP contribution in [-0.4, -0.2) is 54.7 Å². The van der Waals surface area contributed by atoms with E-state index in [0.717, 1.165) is 17.0 Å². The smallest absolute Gasteiger partial charge is 0.322 e. The lowest BCUT2D eigenvalue weighted by molar-refractivity contribution is -0.141. The van der Waals surface area contributed by atoms with E-state index in [1.807, 2.05) is 0 Å². The zero-order valence-electron chi connectivity index (χ0n) is 16.6. The minimum absolute atomic E-state index is 0.0557. The molecule has 1 aromatic carbocycles. The number of pyridine rings is 1. The fourth-order valence-electron chi connectivity index (χ4n) is 3.08. The van der Waals surface area contributed by atoms with Crippen molar-refractivity contribution in [3.8, 4) is 0 Å². The Balaban J connectivity index is 1.93. The molecule has 0 aliphatic carbocycles. The van der Waals surface area contributed by atoms with Crippen molar-refractivity contribution in [3.05, 3.63) is 59.3 Å². The molecular formula is C20H20F3N3O4S. The molecule has 1 saturated heterocycles. The Bertz CT molecular complexity index is 1070. The van der Waals surface area contributed by atoms with Crippen LogP contribution in [0, 0.1) is 0 Å². The van der Waals surface area contributed by atoms with E-state index in [9.17, 15) is 31.2 Å². The van der Waals surface area contributed by atoms with Crippen LogP contribution in [0.4, 0.5) is 23.8 Å². The summed E-state index contributed by atoms with van der Waals surface area (Å²) >= 11 is 0. The molecule has 0 saturated carbocycles. The molecule has 31 heavy (non-hydrogen) atoms. The molecule has 0 N–H and O–H groups in total. The number of aromatic nitrogens is 1. The first-order valence-corrected chi connectivity index (χ1v) is 11.2. The second-order valence-corrected chi connectivity index (χ2v) is 9.44. The zero-order chi connectivity index (χ0) is 22.8. The Morgan fingerprint density at radius 2 is 1.68 bits per heavy atom. The molecule has 166 valence electrons. The van der Waals surface area contributed by atoms with Crippen molar-refractivity contribution < 1.29 is 31.2 Å². The van der Waals surface area contributed by atoms with Gasteiger partial charge in [0, 0.05) is 18.7 Å². The standard InChI is InChI=1S/C20H20F3N3O4S/c1-14(27)16-7-5-15(6-8-16)13-26(18-4-2-3-17(24-18)20(21,22)23)19(28)25-9-11-31(29,30)12-10-25/h2-8H,9-13H2,1H3. The van der Waals surface area contributed by atoms with E-state index in [0.29, 0.717) is 11.1 Å². The molecule has 1 aliphatic heterocycles. The average Bonchev–Trinajstić information content (AvgIpc) is 2.71. The van der Waals surface area contributed by atoms with E-state index in [-0.39, 0.29) is 42.7 Å². The number of anilines is 1. The van der Waals surface area contributed by atoms with Gasteiger partial charge in [-0.3, -0.25) is 9.69 Å². The molecule has 0 bridgehead atoms. The molecule has 0 atom stereocenters. The Labute approximate surface area is 177 Å². The number of Topliss-reactive ketones (excluding diaryl/α,β-unsaturated/α-hetero) is 1.